The van der Waals surface area contributed by atoms with Crippen LogP contribution < -0.4 is 11.1 Å². The first-order valence-corrected chi connectivity index (χ1v) is 5.89. The molecular formula is C11H15IN2O2. The van der Waals surface area contributed by atoms with Gasteiger partial charge in [0.25, 0.3) is 0 Å². The van der Waals surface area contributed by atoms with Crippen molar-refractivity contribution in [3.05, 3.63) is 28.8 Å². The number of nitrogens with two attached hydrogens (primary N) is 1. The van der Waals surface area contributed by atoms with Gasteiger partial charge in [0.2, 0.25) is 0 Å². The van der Waals surface area contributed by atoms with E-state index in [0.717, 1.165) is 5.56 Å². The molecule has 1 atom stereocenters. The van der Waals surface area contributed by atoms with Crippen molar-refractivity contribution in [2.24, 2.45) is 0 Å². The predicted molar refractivity (Wildman–Crippen MR) is 73.0 cm³/mol. The molecule has 0 aliphatic rings. The number of hydrogen-bond donors (Lipinski definition) is 3. The van der Waals surface area contributed by atoms with Crippen LogP contribution in [0, 0.1) is 6.92 Å². The highest BCUT2D eigenvalue weighted by atomic mass is 127. The second-order valence-corrected chi connectivity index (χ2v) is 5.91. The van der Waals surface area contributed by atoms with Gasteiger partial charge in [0.1, 0.15) is 0 Å². The molecule has 0 aliphatic carbocycles. The highest BCUT2D eigenvalue weighted by Crippen LogP contribution is 2.34. The molecule has 0 heterocycles. The standard InChI is InChI=1S/C11H15IN2O2/c1-6-7(10(15)16)4-5-8(9(6)13)11(2,12)14-3/h4-5,14H,13H2,1-3H3,(H,15,16). The number of alkyl halides is 1. The summed E-state index contributed by atoms with van der Waals surface area (Å²) in [6, 6.07) is 3.35. The fourth-order valence-electron chi connectivity index (χ4n) is 1.50. The van der Waals surface area contributed by atoms with E-state index in [1.165, 1.54) is 0 Å². The third-order valence-electron chi connectivity index (χ3n) is 2.72. The maximum absolute atomic E-state index is 10.9. The summed E-state index contributed by atoms with van der Waals surface area (Å²) in [5.74, 6) is -0.949. The second kappa shape index (κ2) is 4.58. The number of nitrogens with one attached hydrogen (secondary N) is 1. The van der Waals surface area contributed by atoms with Crippen molar-refractivity contribution >= 4 is 34.2 Å². The predicted octanol–water partition coefficient (Wildman–Crippen LogP) is 2.10. The molecular weight excluding hydrogens is 319 g/mol. The average molecular weight is 334 g/mol. The summed E-state index contributed by atoms with van der Waals surface area (Å²) in [6.45, 7) is 3.71. The van der Waals surface area contributed by atoms with Gasteiger partial charge in [0, 0.05) is 11.3 Å². The number of benzene rings is 1. The van der Waals surface area contributed by atoms with E-state index in [0.29, 0.717) is 11.3 Å². The van der Waals surface area contributed by atoms with Crippen molar-refractivity contribution in [3.8, 4) is 0 Å². The number of rotatable bonds is 3. The largest absolute Gasteiger partial charge is 0.478 e. The number of carbonyl (C=O) groups is 1. The Morgan fingerprint density at radius 3 is 2.56 bits per heavy atom. The van der Waals surface area contributed by atoms with Crippen LogP contribution in [0.1, 0.15) is 28.4 Å². The van der Waals surface area contributed by atoms with Crippen molar-refractivity contribution in [1.29, 1.82) is 0 Å². The molecule has 88 valence electrons. The topological polar surface area (TPSA) is 75.3 Å². The van der Waals surface area contributed by atoms with Gasteiger partial charge >= 0.3 is 5.97 Å². The van der Waals surface area contributed by atoms with Gasteiger partial charge in [-0.05, 0) is 32.5 Å². The van der Waals surface area contributed by atoms with Crippen molar-refractivity contribution in [2.75, 3.05) is 12.8 Å². The van der Waals surface area contributed by atoms with Gasteiger partial charge in [0.15, 0.2) is 0 Å². The van der Waals surface area contributed by atoms with E-state index in [1.54, 1.807) is 19.1 Å². The van der Waals surface area contributed by atoms with Gasteiger partial charge in [-0.25, -0.2) is 4.79 Å². The number of nitrogen functional groups attached to an aromatic ring is 1. The Balaban J connectivity index is 3.38. The number of halogens is 1. The molecule has 0 aliphatic heterocycles. The summed E-state index contributed by atoms with van der Waals surface area (Å²) in [7, 11) is 1.84. The second-order valence-electron chi connectivity index (χ2n) is 3.76. The van der Waals surface area contributed by atoms with E-state index in [2.05, 4.69) is 27.9 Å². The van der Waals surface area contributed by atoms with Crippen LogP contribution in [0.5, 0.6) is 0 Å². The molecule has 0 saturated heterocycles. The Bertz CT molecular complexity index is 430. The van der Waals surface area contributed by atoms with E-state index >= 15 is 0 Å². The van der Waals surface area contributed by atoms with E-state index < -0.39 is 5.97 Å². The molecule has 0 bridgehead atoms. The van der Waals surface area contributed by atoms with Gasteiger partial charge in [0.05, 0.1) is 9.11 Å². The third kappa shape index (κ3) is 2.30. The minimum atomic E-state index is -0.949. The fraction of sp³-hybridized carbons (Fsp3) is 0.364. The highest BCUT2D eigenvalue weighted by Gasteiger charge is 2.25. The maximum atomic E-state index is 10.9. The molecule has 1 unspecified atom stereocenters. The van der Waals surface area contributed by atoms with Crippen LogP contribution in [0.2, 0.25) is 0 Å². The van der Waals surface area contributed by atoms with Crippen LogP contribution >= 0.6 is 22.6 Å². The van der Waals surface area contributed by atoms with Gasteiger partial charge in [-0.1, -0.05) is 28.7 Å². The maximum Gasteiger partial charge on any atom is 0.336 e. The summed E-state index contributed by atoms with van der Waals surface area (Å²) in [5, 5.41) is 12.1. The van der Waals surface area contributed by atoms with E-state index in [4.69, 9.17) is 10.8 Å². The number of hydrogen-bond acceptors (Lipinski definition) is 3. The summed E-state index contributed by atoms with van der Waals surface area (Å²) in [6.07, 6.45) is 0. The molecule has 0 saturated carbocycles. The van der Waals surface area contributed by atoms with Crippen molar-refractivity contribution in [2.45, 2.75) is 17.4 Å². The molecule has 1 aromatic carbocycles. The lowest BCUT2D eigenvalue weighted by Gasteiger charge is -2.25. The fourth-order valence-corrected chi connectivity index (χ4v) is 1.97. The molecule has 1 rings (SSSR count). The molecule has 0 spiro atoms. The zero-order valence-electron chi connectivity index (χ0n) is 9.47. The van der Waals surface area contributed by atoms with Gasteiger partial charge in [-0.2, -0.15) is 0 Å². The van der Waals surface area contributed by atoms with Crippen LogP contribution in [-0.2, 0) is 3.55 Å². The number of anilines is 1. The zero-order chi connectivity index (χ0) is 12.5. The smallest absolute Gasteiger partial charge is 0.336 e. The minimum absolute atomic E-state index is 0.254. The van der Waals surface area contributed by atoms with Crippen molar-refractivity contribution in [3.63, 3.8) is 0 Å². The van der Waals surface area contributed by atoms with Crippen LogP contribution in [0.3, 0.4) is 0 Å². The number of carboxylic acid groups (broad SMARTS) is 1. The lowest BCUT2D eigenvalue weighted by atomic mass is 9.98. The molecule has 1 aromatic rings. The zero-order valence-corrected chi connectivity index (χ0v) is 11.6. The molecule has 0 aromatic heterocycles. The molecule has 4 N–H and O–H groups in total. The third-order valence-corrected chi connectivity index (χ3v) is 3.84. The molecule has 0 fully saturated rings. The quantitative estimate of drug-likeness (QED) is 0.343. The molecule has 0 amide bonds. The lowest BCUT2D eigenvalue weighted by Crippen LogP contribution is -2.31. The molecule has 0 radical (unpaired) electrons. The Morgan fingerprint density at radius 2 is 2.12 bits per heavy atom. The van der Waals surface area contributed by atoms with Crippen molar-refractivity contribution < 1.29 is 9.90 Å². The number of aromatic carboxylic acids is 1. The van der Waals surface area contributed by atoms with Gasteiger partial charge < -0.3 is 16.2 Å². The minimum Gasteiger partial charge on any atom is -0.478 e. The molecule has 16 heavy (non-hydrogen) atoms. The van der Waals surface area contributed by atoms with E-state index in [1.807, 2.05) is 14.0 Å². The summed E-state index contributed by atoms with van der Waals surface area (Å²) in [4.78, 5) is 10.9. The lowest BCUT2D eigenvalue weighted by molar-refractivity contribution is 0.0696. The van der Waals surface area contributed by atoms with Crippen LogP contribution in [0.15, 0.2) is 12.1 Å². The number of carboxylic acids is 1. The van der Waals surface area contributed by atoms with E-state index in [-0.39, 0.29) is 9.11 Å². The first kappa shape index (κ1) is 13.2. The first-order valence-electron chi connectivity index (χ1n) is 4.82. The Hall–Kier alpha value is -0.820. The van der Waals surface area contributed by atoms with Crippen LogP contribution in [0.4, 0.5) is 5.69 Å². The Kier molecular flexibility index (Phi) is 3.80. The van der Waals surface area contributed by atoms with Crippen molar-refractivity contribution in [1.82, 2.24) is 5.32 Å². The summed E-state index contributed by atoms with van der Waals surface area (Å²) < 4.78 is -0.302. The molecule has 4 nitrogen and oxygen atoms in total. The average Bonchev–Trinajstić information content (AvgIpc) is 2.21. The van der Waals surface area contributed by atoms with Crippen LogP contribution in [-0.4, -0.2) is 18.1 Å². The Morgan fingerprint density at radius 1 is 1.56 bits per heavy atom. The van der Waals surface area contributed by atoms with Gasteiger partial charge in [-0.3, -0.25) is 0 Å². The SMILES string of the molecule is CNC(C)(I)c1ccc(C(=O)O)c(C)c1N. The van der Waals surface area contributed by atoms with E-state index in [9.17, 15) is 4.79 Å². The summed E-state index contributed by atoms with van der Waals surface area (Å²) >= 11 is 2.24. The highest BCUT2D eigenvalue weighted by molar-refractivity contribution is 14.1. The monoisotopic (exact) mass is 334 g/mol. The van der Waals surface area contributed by atoms with Crippen LogP contribution in [0.25, 0.3) is 0 Å². The van der Waals surface area contributed by atoms with Gasteiger partial charge in [-0.15, -0.1) is 0 Å². The summed E-state index contributed by atoms with van der Waals surface area (Å²) in [5.41, 5.74) is 8.28. The Labute approximate surface area is 108 Å². The molecule has 5 heteroatoms. The normalized spacial score (nSPS) is 14.5. The first-order chi connectivity index (χ1) is 7.31.